The van der Waals surface area contributed by atoms with Crippen molar-refractivity contribution < 1.29 is 14.3 Å². The summed E-state index contributed by atoms with van der Waals surface area (Å²) in [7, 11) is 0. The first-order valence-corrected chi connectivity index (χ1v) is 5.95. The zero-order chi connectivity index (χ0) is 14.2. The number of carboxylic acid groups (broad SMARTS) is 1. The summed E-state index contributed by atoms with van der Waals surface area (Å²) in [4.78, 5) is 15.0. The number of aromatic carboxylic acids is 1. The van der Waals surface area contributed by atoms with Gasteiger partial charge in [0.2, 0.25) is 0 Å². The Labute approximate surface area is 114 Å². The fraction of sp³-hybridized carbons (Fsp3) is 0.143. The first kappa shape index (κ1) is 13.5. The van der Waals surface area contributed by atoms with Gasteiger partial charge in [-0.25, -0.2) is 14.2 Å². The van der Waals surface area contributed by atoms with Crippen molar-refractivity contribution in [2.75, 3.05) is 0 Å². The Morgan fingerprint density at radius 1 is 1.26 bits per heavy atom. The molecule has 0 aliphatic heterocycles. The molecule has 0 saturated heterocycles. The molecule has 1 N–H and O–H groups in total. The van der Waals surface area contributed by atoms with Crippen molar-refractivity contribution in [1.29, 1.82) is 0 Å². The maximum absolute atomic E-state index is 13.2. The Balaban J connectivity index is 2.60. The number of rotatable bonds is 2. The van der Waals surface area contributed by atoms with Crippen LogP contribution in [0.4, 0.5) is 4.39 Å². The first-order valence-electron chi connectivity index (χ1n) is 5.57. The van der Waals surface area contributed by atoms with Gasteiger partial charge in [0.25, 0.3) is 0 Å². The lowest BCUT2D eigenvalue weighted by Crippen LogP contribution is -2.02. The second-order valence-corrected chi connectivity index (χ2v) is 4.62. The molecule has 0 atom stereocenters. The smallest absolute Gasteiger partial charge is 0.338 e. The van der Waals surface area contributed by atoms with Gasteiger partial charge < -0.3 is 5.11 Å². The predicted molar refractivity (Wildman–Crippen MR) is 71.1 cm³/mol. The van der Waals surface area contributed by atoms with Crippen molar-refractivity contribution in [2.24, 2.45) is 0 Å². The van der Waals surface area contributed by atoms with Gasteiger partial charge in [0.05, 0.1) is 11.3 Å². The Morgan fingerprint density at radius 2 is 1.95 bits per heavy atom. The first-order chi connectivity index (χ1) is 8.90. The topological polar surface area (TPSA) is 50.2 Å². The van der Waals surface area contributed by atoms with Crippen molar-refractivity contribution in [2.45, 2.75) is 13.8 Å². The lowest BCUT2D eigenvalue weighted by atomic mass is 10.0. The van der Waals surface area contributed by atoms with Gasteiger partial charge in [-0.2, -0.15) is 0 Å². The number of hydrogen-bond acceptors (Lipinski definition) is 2. The third-order valence-corrected chi connectivity index (χ3v) is 3.12. The molecule has 2 rings (SSSR count). The van der Waals surface area contributed by atoms with Gasteiger partial charge in [-0.3, -0.25) is 0 Å². The lowest BCUT2D eigenvalue weighted by molar-refractivity contribution is 0.0696. The summed E-state index contributed by atoms with van der Waals surface area (Å²) in [6, 6.07) is 6.06. The van der Waals surface area contributed by atoms with Crippen LogP contribution in [0.2, 0.25) is 5.15 Å². The highest BCUT2D eigenvalue weighted by Crippen LogP contribution is 2.27. The number of nitrogens with zero attached hydrogens (tertiary/aromatic N) is 1. The monoisotopic (exact) mass is 279 g/mol. The molecule has 0 bridgehead atoms. The largest absolute Gasteiger partial charge is 0.478 e. The number of benzene rings is 1. The second kappa shape index (κ2) is 4.97. The van der Waals surface area contributed by atoms with Crippen LogP contribution in [0, 0.1) is 19.7 Å². The molecular formula is C14H11ClFNO2. The van der Waals surface area contributed by atoms with Crippen molar-refractivity contribution in [3.8, 4) is 11.3 Å². The van der Waals surface area contributed by atoms with E-state index in [0.717, 1.165) is 0 Å². The average Bonchev–Trinajstić information content (AvgIpc) is 2.35. The maximum Gasteiger partial charge on any atom is 0.338 e. The molecule has 0 radical (unpaired) electrons. The zero-order valence-corrected chi connectivity index (χ0v) is 11.1. The number of carbonyl (C=O) groups is 1. The molecule has 0 amide bonds. The van der Waals surface area contributed by atoms with E-state index in [-0.39, 0.29) is 16.5 Å². The Kier molecular flexibility index (Phi) is 3.53. The molecule has 0 saturated carbocycles. The molecule has 1 heterocycles. The van der Waals surface area contributed by atoms with Gasteiger partial charge in [-0.05, 0) is 49.2 Å². The zero-order valence-electron chi connectivity index (χ0n) is 10.4. The molecule has 0 aliphatic rings. The van der Waals surface area contributed by atoms with E-state index >= 15 is 0 Å². The molecule has 0 fully saturated rings. The van der Waals surface area contributed by atoms with Gasteiger partial charge in [0, 0.05) is 5.56 Å². The molecule has 1 aromatic carbocycles. The highest BCUT2D eigenvalue weighted by Gasteiger charge is 2.14. The summed E-state index contributed by atoms with van der Waals surface area (Å²) >= 11 is 5.85. The van der Waals surface area contributed by atoms with Crippen LogP contribution in [0.1, 0.15) is 21.5 Å². The predicted octanol–water partition coefficient (Wildman–Crippen LogP) is 3.86. The third-order valence-electron chi connectivity index (χ3n) is 2.83. The Morgan fingerprint density at radius 3 is 2.53 bits per heavy atom. The van der Waals surface area contributed by atoms with Crippen LogP contribution in [-0.4, -0.2) is 16.1 Å². The molecule has 1 aromatic heterocycles. The number of aromatic nitrogens is 1. The van der Waals surface area contributed by atoms with E-state index in [1.807, 2.05) is 0 Å². The summed E-state index contributed by atoms with van der Waals surface area (Å²) in [6.07, 6.45) is 0. The standard InChI is InChI=1S/C14H11ClFNO2/c1-7-5-9(3-4-11(7)16)12-8(2)6-10(14(18)19)13(15)17-12/h3-6H,1-2H3,(H,18,19). The summed E-state index contributed by atoms with van der Waals surface area (Å²) < 4.78 is 13.2. The molecule has 0 aliphatic carbocycles. The van der Waals surface area contributed by atoms with E-state index in [2.05, 4.69) is 4.98 Å². The van der Waals surface area contributed by atoms with Crippen LogP contribution in [-0.2, 0) is 0 Å². The van der Waals surface area contributed by atoms with E-state index in [4.69, 9.17) is 16.7 Å². The van der Waals surface area contributed by atoms with Crippen molar-refractivity contribution in [1.82, 2.24) is 4.98 Å². The number of hydrogen-bond donors (Lipinski definition) is 1. The summed E-state index contributed by atoms with van der Waals surface area (Å²) in [5.74, 6) is -1.42. The van der Waals surface area contributed by atoms with Crippen LogP contribution in [0.25, 0.3) is 11.3 Å². The highest BCUT2D eigenvalue weighted by molar-refractivity contribution is 6.32. The number of aryl methyl sites for hydroxylation is 2. The van der Waals surface area contributed by atoms with E-state index in [1.54, 1.807) is 26.0 Å². The molecule has 2 aromatic rings. The van der Waals surface area contributed by atoms with Crippen LogP contribution in [0.15, 0.2) is 24.3 Å². The Bertz CT molecular complexity index is 671. The molecule has 3 nitrogen and oxygen atoms in total. The van der Waals surface area contributed by atoms with Crippen LogP contribution >= 0.6 is 11.6 Å². The minimum absolute atomic E-state index is 0.0400. The number of carboxylic acids is 1. The molecule has 0 spiro atoms. The molecule has 98 valence electrons. The fourth-order valence-corrected chi connectivity index (χ4v) is 2.05. The van der Waals surface area contributed by atoms with Crippen molar-refractivity contribution in [3.05, 3.63) is 51.9 Å². The van der Waals surface area contributed by atoms with E-state index in [1.165, 1.54) is 12.1 Å². The SMILES string of the molecule is Cc1cc(-c2nc(Cl)c(C(=O)O)cc2C)ccc1F. The van der Waals surface area contributed by atoms with Crippen molar-refractivity contribution >= 4 is 17.6 Å². The van der Waals surface area contributed by atoms with Crippen LogP contribution < -0.4 is 0 Å². The minimum Gasteiger partial charge on any atom is -0.478 e. The van der Waals surface area contributed by atoms with E-state index in [0.29, 0.717) is 22.4 Å². The number of pyridine rings is 1. The summed E-state index contributed by atoms with van der Waals surface area (Å²) in [5, 5.41) is 8.88. The fourth-order valence-electron chi connectivity index (χ4n) is 1.83. The highest BCUT2D eigenvalue weighted by atomic mass is 35.5. The van der Waals surface area contributed by atoms with Crippen molar-refractivity contribution in [3.63, 3.8) is 0 Å². The average molecular weight is 280 g/mol. The van der Waals surface area contributed by atoms with E-state index < -0.39 is 5.97 Å². The Hall–Kier alpha value is -1.94. The van der Waals surface area contributed by atoms with Gasteiger partial charge >= 0.3 is 5.97 Å². The van der Waals surface area contributed by atoms with Gasteiger partial charge in [0.1, 0.15) is 11.0 Å². The summed E-state index contributed by atoms with van der Waals surface area (Å²) in [6.45, 7) is 3.39. The molecular weight excluding hydrogens is 269 g/mol. The van der Waals surface area contributed by atoms with Gasteiger partial charge in [-0.15, -0.1) is 0 Å². The van der Waals surface area contributed by atoms with Gasteiger partial charge in [0.15, 0.2) is 0 Å². The molecule has 5 heteroatoms. The minimum atomic E-state index is -1.12. The van der Waals surface area contributed by atoms with E-state index in [9.17, 15) is 9.18 Å². The maximum atomic E-state index is 13.2. The molecule has 19 heavy (non-hydrogen) atoms. The van der Waals surface area contributed by atoms with Crippen LogP contribution in [0.5, 0.6) is 0 Å². The van der Waals surface area contributed by atoms with Gasteiger partial charge in [-0.1, -0.05) is 11.6 Å². The summed E-state index contributed by atoms with van der Waals surface area (Å²) in [5.41, 5.74) is 2.39. The normalized spacial score (nSPS) is 10.5. The number of halogens is 2. The third kappa shape index (κ3) is 2.58. The lowest BCUT2D eigenvalue weighted by Gasteiger charge is -2.09. The molecule has 0 unspecified atom stereocenters. The second-order valence-electron chi connectivity index (χ2n) is 4.26. The van der Waals surface area contributed by atoms with Crippen LogP contribution in [0.3, 0.4) is 0 Å². The quantitative estimate of drug-likeness (QED) is 0.849.